The molecule has 2 aromatic carbocycles. The van der Waals surface area contributed by atoms with E-state index in [9.17, 15) is 22.0 Å². The van der Waals surface area contributed by atoms with Crippen molar-refractivity contribution in [1.29, 1.82) is 0 Å². The SMILES string of the molecule is Cc1cccc(OCCN(C)C(=O)c2ccc(S(=O)(=O)C(F)F)cc2)c1. The maximum Gasteiger partial charge on any atom is 0.341 e. The van der Waals surface area contributed by atoms with Crippen molar-refractivity contribution in [3.8, 4) is 5.75 Å². The molecule has 0 aliphatic carbocycles. The van der Waals surface area contributed by atoms with Gasteiger partial charge >= 0.3 is 5.76 Å². The third-order valence-electron chi connectivity index (χ3n) is 3.70. The van der Waals surface area contributed by atoms with E-state index in [1.165, 1.54) is 17.0 Å². The number of likely N-dealkylation sites (N-methyl/N-ethyl adjacent to an activating group) is 1. The number of sulfone groups is 1. The molecule has 0 heterocycles. The third kappa shape index (κ3) is 4.78. The number of alkyl halides is 2. The highest BCUT2D eigenvalue weighted by Gasteiger charge is 2.26. The maximum absolute atomic E-state index is 12.5. The molecule has 0 saturated heterocycles. The number of halogens is 2. The molecule has 0 fully saturated rings. The Bertz CT molecular complexity index is 867. The van der Waals surface area contributed by atoms with E-state index in [1.807, 2.05) is 31.2 Å². The number of benzene rings is 2. The van der Waals surface area contributed by atoms with E-state index >= 15 is 0 Å². The summed E-state index contributed by atoms with van der Waals surface area (Å²) in [6.07, 6.45) is 0. The lowest BCUT2D eigenvalue weighted by atomic mass is 10.2. The molecule has 8 heteroatoms. The van der Waals surface area contributed by atoms with Crippen molar-refractivity contribution in [3.05, 3.63) is 59.7 Å². The van der Waals surface area contributed by atoms with Gasteiger partial charge in [0.25, 0.3) is 5.91 Å². The maximum atomic E-state index is 12.5. The smallest absolute Gasteiger partial charge is 0.341 e. The number of amides is 1. The summed E-state index contributed by atoms with van der Waals surface area (Å²) in [6.45, 7) is 2.54. The molecule has 0 unspecified atom stereocenters. The Labute approximate surface area is 151 Å². The van der Waals surface area contributed by atoms with Gasteiger partial charge in [-0.2, -0.15) is 8.78 Å². The van der Waals surface area contributed by atoms with Crippen molar-refractivity contribution in [2.45, 2.75) is 17.6 Å². The molecule has 0 saturated carbocycles. The topological polar surface area (TPSA) is 63.7 Å². The zero-order valence-corrected chi connectivity index (χ0v) is 15.2. The first-order valence-corrected chi connectivity index (χ1v) is 9.33. The normalized spacial score (nSPS) is 11.4. The molecule has 5 nitrogen and oxygen atoms in total. The minimum Gasteiger partial charge on any atom is -0.492 e. The van der Waals surface area contributed by atoms with Crippen LogP contribution in [0.3, 0.4) is 0 Å². The lowest BCUT2D eigenvalue weighted by Gasteiger charge is -2.18. The number of hydrogen-bond donors (Lipinski definition) is 0. The molecule has 0 aliphatic heterocycles. The largest absolute Gasteiger partial charge is 0.492 e. The van der Waals surface area contributed by atoms with E-state index < -0.39 is 20.5 Å². The lowest BCUT2D eigenvalue weighted by Crippen LogP contribution is -2.30. The highest BCUT2D eigenvalue weighted by Crippen LogP contribution is 2.19. The number of nitrogens with zero attached hydrogens (tertiary/aromatic N) is 1. The van der Waals surface area contributed by atoms with E-state index in [1.54, 1.807) is 7.05 Å². The van der Waals surface area contributed by atoms with E-state index in [4.69, 9.17) is 4.74 Å². The standard InChI is InChI=1S/C18H19F2NO4S/c1-13-4-3-5-15(12-13)25-11-10-21(2)17(22)14-6-8-16(9-7-14)26(23,24)18(19)20/h3-9,12,18H,10-11H2,1-2H3. The summed E-state index contributed by atoms with van der Waals surface area (Å²) in [5.41, 5.74) is 1.27. The van der Waals surface area contributed by atoms with Gasteiger partial charge in [0.1, 0.15) is 12.4 Å². The van der Waals surface area contributed by atoms with Crippen molar-refractivity contribution in [2.75, 3.05) is 20.2 Å². The average Bonchev–Trinajstić information content (AvgIpc) is 2.61. The van der Waals surface area contributed by atoms with E-state index in [0.717, 1.165) is 17.7 Å². The number of ether oxygens (including phenoxy) is 1. The number of carbonyl (C=O) groups is 1. The molecule has 26 heavy (non-hydrogen) atoms. The Morgan fingerprint density at radius 2 is 1.81 bits per heavy atom. The predicted octanol–water partition coefficient (Wildman–Crippen LogP) is 3.14. The van der Waals surface area contributed by atoms with Gasteiger partial charge in [-0.05, 0) is 48.9 Å². The van der Waals surface area contributed by atoms with Gasteiger partial charge in [-0.3, -0.25) is 4.79 Å². The molecule has 0 bridgehead atoms. The van der Waals surface area contributed by atoms with Crippen LogP contribution in [0.4, 0.5) is 8.78 Å². The first-order valence-electron chi connectivity index (χ1n) is 7.79. The van der Waals surface area contributed by atoms with E-state index in [-0.39, 0.29) is 18.1 Å². The summed E-state index contributed by atoms with van der Waals surface area (Å²) in [6, 6.07) is 12.0. The van der Waals surface area contributed by atoms with Crippen LogP contribution < -0.4 is 4.74 Å². The first kappa shape index (κ1) is 19.8. The fourth-order valence-electron chi connectivity index (χ4n) is 2.22. The van der Waals surface area contributed by atoms with Crippen LogP contribution in [0, 0.1) is 6.92 Å². The van der Waals surface area contributed by atoms with Crippen LogP contribution >= 0.6 is 0 Å². The van der Waals surface area contributed by atoms with Crippen LogP contribution in [0.2, 0.25) is 0 Å². The van der Waals surface area contributed by atoms with Crippen LogP contribution in [-0.2, 0) is 9.84 Å². The highest BCUT2D eigenvalue weighted by molar-refractivity contribution is 7.91. The highest BCUT2D eigenvalue weighted by atomic mass is 32.2. The van der Waals surface area contributed by atoms with Gasteiger partial charge in [0, 0.05) is 12.6 Å². The fraction of sp³-hybridized carbons (Fsp3) is 0.278. The summed E-state index contributed by atoms with van der Waals surface area (Å²) >= 11 is 0. The van der Waals surface area contributed by atoms with Gasteiger partial charge in [0.15, 0.2) is 0 Å². The molecular formula is C18H19F2NO4S. The van der Waals surface area contributed by atoms with Gasteiger partial charge < -0.3 is 9.64 Å². The van der Waals surface area contributed by atoms with Gasteiger partial charge in [0.2, 0.25) is 9.84 Å². The van der Waals surface area contributed by atoms with Crippen molar-refractivity contribution in [2.24, 2.45) is 0 Å². The number of aryl methyl sites for hydroxylation is 1. The molecular weight excluding hydrogens is 364 g/mol. The second-order valence-corrected chi connectivity index (χ2v) is 7.64. The second kappa shape index (κ2) is 8.27. The van der Waals surface area contributed by atoms with Gasteiger partial charge in [0.05, 0.1) is 11.4 Å². The number of rotatable bonds is 7. The molecule has 2 rings (SSSR count). The Kier molecular flexibility index (Phi) is 6.31. The third-order valence-corrected chi connectivity index (χ3v) is 5.09. The van der Waals surface area contributed by atoms with Gasteiger partial charge in [-0.1, -0.05) is 12.1 Å². The van der Waals surface area contributed by atoms with Crippen LogP contribution in [0.15, 0.2) is 53.4 Å². The predicted molar refractivity (Wildman–Crippen MR) is 93.3 cm³/mol. The second-order valence-electron chi connectivity index (χ2n) is 5.72. The number of hydrogen-bond acceptors (Lipinski definition) is 4. The first-order chi connectivity index (χ1) is 12.2. The zero-order chi connectivity index (χ0) is 19.3. The molecule has 0 aliphatic rings. The van der Waals surface area contributed by atoms with Crippen molar-refractivity contribution in [3.63, 3.8) is 0 Å². The van der Waals surface area contributed by atoms with Crippen LogP contribution in [0.1, 0.15) is 15.9 Å². The fourth-order valence-corrected chi connectivity index (χ4v) is 2.94. The van der Waals surface area contributed by atoms with Gasteiger partial charge in [-0.25, -0.2) is 8.42 Å². The van der Waals surface area contributed by atoms with Crippen LogP contribution in [0.25, 0.3) is 0 Å². The van der Waals surface area contributed by atoms with Crippen molar-refractivity contribution >= 4 is 15.7 Å². The minimum atomic E-state index is -4.67. The Balaban J connectivity index is 1.95. The molecule has 140 valence electrons. The summed E-state index contributed by atoms with van der Waals surface area (Å²) in [7, 11) is -3.09. The molecule has 0 spiro atoms. The Hall–Kier alpha value is -2.48. The van der Waals surface area contributed by atoms with Crippen LogP contribution in [0.5, 0.6) is 5.75 Å². The molecule has 1 amide bonds. The summed E-state index contributed by atoms with van der Waals surface area (Å²) in [4.78, 5) is 13.2. The Morgan fingerprint density at radius 3 is 2.38 bits per heavy atom. The van der Waals surface area contributed by atoms with E-state index in [0.29, 0.717) is 12.3 Å². The summed E-state index contributed by atoms with van der Waals surface area (Å²) in [5.74, 6) is -3.16. The average molecular weight is 383 g/mol. The lowest BCUT2D eigenvalue weighted by molar-refractivity contribution is 0.0773. The summed E-state index contributed by atoms with van der Waals surface area (Å²) < 4.78 is 53.4. The quantitative estimate of drug-likeness (QED) is 0.737. The van der Waals surface area contributed by atoms with E-state index in [2.05, 4.69) is 0 Å². The van der Waals surface area contributed by atoms with Gasteiger partial charge in [-0.15, -0.1) is 0 Å². The van der Waals surface area contributed by atoms with Crippen molar-refractivity contribution < 1.29 is 26.7 Å². The molecule has 0 radical (unpaired) electrons. The van der Waals surface area contributed by atoms with Crippen LogP contribution in [-0.4, -0.2) is 45.2 Å². The molecule has 0 atom stereocenters. The van der Waals surface area contributed by atoms with Crippen molar-refractivity contribution in [1.82, 2.24) is 4.90 Å². The monoisotopic (exact) mass is 383 g/mol. The Morgan fingerprint density at radius 1 is 1.15 bits per heavy atom. The number of carbonyl (C=O) groups excluding carboxylic acids is 1. The molecule has 0 N–H and O–H groups in total. The molecule has 2 aromatic rings. The molecule has 0 aromatic heterocycles. The minimum absolute atomic E-state index is 0.205. The summed E-state index contributed by atoms with van der Waals surface area (Å²) in [5, 5.41) is 0. The zero-order valence-electron chi connectivity index (χ0n) is 14.4.